The molecule has 1 aromatic carbocycles. The Morgan fingerprint density at radius 1 is 1.48 bits per heavy atom. The Kier molecular flexibility index (Phi) is 5.42. The average Bonchev–Trinajstić information content (AvgIpc) is 2.91. The van der Waals surface area contributed by atoms with Gasteiger partial charge in [-0.15, -0.1) is 0 Å². The molecule has 2 N–H and O–H groups in total. The van der Waals surface area contributed by atoms with E-state index in [2.05, 4.69) is 5.32 Å². The van der Waals surface area contributed by atoms with Gasteiger partial charge < -0.3 is 20.1 Å². The van der Waals surface area contributed by atoms with Crippen LogP contribution in [-0.2, 0) is 0 Å². The molecule has 1 fully saturated rings. The highest BCUT2D eigenvalue weighted by atomic mass is 35.5. The van der Waals surface area contributed by atoms with Crippen LogP contribution in [0.5, 0.6) is 5.75 Å². The lowest BCUT2D eigenvalue weighted by molar-refractivity contribution is 0.0117. The highest BCUT2D eigenvalue weighted by Crippen LogP contribution is 2.30. The van der Waals surface area contributed by atoms with Gasteiger partial charge in [0.1, 0.15) is 5.75 Å². The maximum absolute atomic E-state index is 12.5. The first-order chi connectivity index (χ1) is 10.7. The molecule has 1 aliphatic rings. The Morgan fingerprint density at radius 2 is 2.17 bits per heavy atom. The highest BCUT2D eigenvalue weighted by molar-refractivity contribution is 6.32. The molecule has 5 nitrogen and oxygen atoms in total. The van der Waals surface area contributed by atoms with Crippen LogP contribution >= 0.6 is 11.6 Å². The van der Waals surface area contributed by atoms with Crippen molar-refractivity contribution < 1.29 is 14.6 Å². The number of carbonyl (C=O) groups is 1. The molecule has 1 atom stereocenters. The van der Waals surface area contributed by atoms with Crippen LogP contribution in [0.4, 0.5) is 10.5 Å². The van der Waals surface area contributed by atoms with Gasteiger partial charge >= 0.3 is 6.03 Å². The van der Waals surface area contributed by atoms with E-state index in [-0.39, 0.29) is 18.2 Å². The first kappa shape index (κ1) is 17.9. The van der Waals surface area contributed by atoms with E-state index in [4.69, 9.17) is 16.3 Å². The lowest BCUT2D eigenvalue weighted by Gasteiger charge is -2.33. The van der Waals surface area contributed by atoms with Gasteiger partial charge in [-0.3, -0.25) is 0 Å². The average molecular weight is 341 g/mol. The summed E-state index contributed by atoms with van der Waals surface area (Å²) in [4.78, 5) is 14.2. The zero-order chi connectivity index (χ0) is 17.2. The lowest BCUT2D eigenvalue weighted by Crippen LogP contribution is -2.49. The van der Waals surface area contributed by atoms with Crippen molar-refractivity contribution in [2.75, 3.05) is 11.9 Å². The van der Waals surface area contributed by atoms with Crippen LogP contribution in [0, 0.1) is 0 Å². The minimum Gasteiger partial charge on any atom is -0.489 e. The fourth-order valence-corrected chi connectivity index (χ4v) is 3.09. The monoisotopic (exact) mass is 340 g/mol. The number of nitrogens with one attached hydrogen (secondary N) is 1. The number of ether oxygens (including phenoxy) is 1. The zero-order valence-corrected chi connectivity index (χ0v) is 14.9. The third-order valence-corrected chi connectivity index (χ3v) is 4.17. The SMILES string of the molecule is CC(C)Oc1ccc(NC(=O)N2CCCC2C(C)(C)O)cc1Cl. The maximum Gasteiger partial charge on any atom is 0.322 e. The molecule has 1 saturated heterocycles. The predicted molar refractivity (Wildman–Crippen MR) is 92.3 cm³/mol. The van der Waals surface area contributed by atoms with Crippen molar-refractivity contribution >= 4 is 23.3 Å². The Hall–Kier alpha value is -1.46. The fraction of sp³-hybridized carbons (Fsp3) is 0.588. The molecule has 23 heavy (non-hydrogen) atoms. The third kappa shape index (κ3) is 4.52. The third-order valence-electron chi connectivity index (χ3n) is 3.87. The Bertz CT molecular complexity index is 569. The molecule has 0 aromatic heterocycles. The summed E-state index contributed by atoms with van der Waals surface area (Å²) in [5.74, 6) is 0.593. The number of anilines is 1. The second kappa shape index (κ2) is 6.97. The van der Waals surface area contributed by atoms with Crippen molar-refractivity contribution in [2.45, 2.75) is 58.3 Å². The number of aliphatic hydroxyl groups is 1. The van der Waals surface area contributed by atoms with E-state index < -0.39 is 5.60 Å². The molecule has 2 amide bonds. The molecule has 0 bridgehead atoms. The predicted octanol–water partition coefficient (Wildman–Crippen LogP) is 3.89. The van der Waals surface area contributed by atoms with Gasteiger partial charge in [0, 0.05) is 12.2 Å². The van der Waals surface area contributed by atoms with Gasteiger partial charge in [-0.05, 0) is 58.7 Å². The fourth-order valence-electron chi connectivity index (χ4n) is 2.87. The van der Waals surface area contributed by atoms with Crippen LogP contribution in [-0.4, -0.2) is 40.3 Å². The van der Waals surface area contributed by atoms with E-state index in [1.54, 1.807) is 36.9 Å². The number of hydrogen-bond acceptors (Lipinski definition) is 3. The summed E-state index contributed by atoms with van der Waals surface area (Å²) in [6, 6.07) is 4.78. The molecule has 0 aliphatic carbocycles. The van der Waals surface area contributed by atoms with Crippen molar-refractivity contribution in [2.24, 2.45) is 0 Å². The van der Waals surface area contributed by atoms with E-state index in [0.717, 1.165) is 12.8 Å². The summed E-state index contributed by atoms with van der Waals surface area (Å²) in [6.07, 6.45) is 1.73. The number of urea groups is 1. The van der Waals surface area contributed by atoms with E-state index >= 15 is 0 Å². The van der Waals surface area contributed by atoms with Gasteiger partial charge in [0.25, 0.3) is 0 Å². The van der Waals surface area contributed by atoms with Crippen LogP contribution in [0.3, 0.4) is 0 Å². The number of carbonyl (C=O) groups excluding carboxylic acids is 1. The molecule has 1 aromatic rings. The highest BCUT2D eigenvalue weighted by Gasteiger charge is 2.38. The van der Waals surface area contributed by atoms with Crippen LogP contribution in [0.25, 0.3) is 0 Å². The second-order valence-electron chi connectivity index (χ2n) is 6.75. The van der Waals surface area contributed by atoms with E-state index in [0.29, 0.717) is 23.0 Å². The quantitative estimate of drug-likeness (QED) is 0.874. The molecule has 0 spiro atoms. The molecule has 1 heterocycles. The number of likely N-dealkylation sites (tertiary alicyclic amines) is 1. The molecular weight excluding hydrogens is 316 g/mol. The maximum atomic E-state index is 12.5. The molecule has 0 saturated carbocycles. The van der Waals surface area contributed by atoms with Gasteiger partial charge in [0.15, 0.2) is 0 Å². The van der Waals surface area contributed by atoms with Gasteiger partial charge in [-0.25, -0.2) is 4.79 Å². The summed E-state index contributed by atoms with van der Waals surface area (Å²) in [5, 5.41) is 13.5. The normalized spacial score (nSPS) is 18.4. The first-order valence-electron chi connectivity index (χ1n) is 7.94. The van der Waals surface area contributed by atoms with E-state index in [1.807, 2.05) is 13.8 Å². The first-order valence-corrected chi connectivity index (χ1v) is 8.32. The molecular formula is C17H25ClN2O3. The van der Waals surface area contributed by atoms with Gasteiger partial charge in [-0.2, -0.15) is 0 Å². The molecule has 0 radical (unpaired) electrons. The number of nitrogens with zero attached hydrogens (tertiary/aromatic N) is 1. The standard InChI is InChI=1S/C17H25ClN2O3/c1-11(2)23-14-8-7-12(10-13(14)18)19-16(21)20-9-5-6-15(20)17(3,4)22/h7-8,10-11,15,22H,5-6,9H2,1-4H3,(H,19,21). The summed E-state index contributed by atoms with van der Waals surface area (Å²) >= 11 is 6.19. The van der Waals surface area contributed by atoms with E-state index in [1.165, 1.54) is 0 Å². The lowest BCUT2D eigenvalue weighted by atomic mass is 9.97. The summed E-state index contributed by atoms with van der Waals surface area (Å²) in [7, 11) is 0. The summed E-state index contributed by atoms with van der Waals surface area (Å²) < 4.78 is 5.58. The van der Waals surface area contributed by atoms with Crippen LogP contribution in [0.2, 0.25) is 5.02 Å². The minimum atomic E-state index is -0.916. The Morgan fingerprint density at radius 3 is 2.74 bits per heavy atom. The van der Waals surface area contributed by atoms with Gasteiger partial charge in [0.2, 0.25) is 0 Å². The minimum absolute atomic E-state index is 0.0325. The largest absolute Gasteiger partial charge is 0.489 e. The number of rotatable bonds is 4. The topological polar surface area (TPSA) is 61.8 Å². The summed E-state index contributed by atoms with van der Waals surface area (Å²) in [5.41, 5.74) is -0.307. The van der Waals surface area contributed by atoms with Crippen LogP contribution < -0.4 is 10.1 Å². The molecule has 6 heteroatoms. The van der Waals surface area contributed by atoms with Crippen molar-refractivity contribution in [1.29, 1.82) is 0 Å². The number of hydrogen-bond donors (Lipinski definition) is 2. The number of benzene rings is 1. The summed E-state index contributed by atoms with van der Waals surface area (Å²) in [6.45, 7) is 7.96. The second-order valence-corrected chi connectivity index (χ2v) is 7.15. The van der Waals surface area contributed by atoms with Crippen molar-refractivity contribution in [3.05, 3.63) is 23.2 Å². The Labute approximate surface area is 142 Å². The Balaban J connectivity index is 2.07. The molecule has 1 aliphatic heterocycles. The van der Waals surface area contributed by atoms with Crippen molar-refractivity contribution in [3.8, 4) is 5.75 Å². The van der Waals surface area contributed by atoms with Crippen LogP contribution in [0.1, 0.15) is 40.5 Å². The van der Waals surface area contributed by atoms with Gasteiger partial charge in [0.05, 0.1) is 22.8 Å². The molecule has 128 valence electrons. The van der Waals surface area contributed by atoms with Crippen molar-refractivity contribution in [1.82, 2.24) is 4.90 Å². The number of amides is 2. The smallest absolute Gasteiger partial charge is 0.322 e. The van der Waals surface area contributed by atoms with Crippen LogP contribution in [0.15, 0.2) is 18.2 Å². The van der Waals surface area contributed by atoms with E-state index in [9.17, 15) is 9.90 Å². The van der Waals surface area contributed by atoms with Crippen molar-refractivity contribution in [3.63, 3.8) is 0 Å². The zero-order valence-electron chi connectivity index (χ0n) is 14.1. The number of halogens is 1. The molecule has 2 rings (SSSR count). The molecule has 1 unspecified atom stereocenters. The van der Waals surface area contributed by atoms with Gasteiger partial charge in [-0.1, -0.05) is 11.6 Å².